The quantitative estimate of drug-likeness (QED) is 0.579. The van der Waals surface area contributed by atoms with E-state index in [1.54, 1.807) is 6.92 Å². The molecule has 1 aromatic heterocycles. The Kier molecular flexibility index (Phi) is 3.65. The van der Waals surface area contributed by atoms with Gasteiger partial charge in [0.05, 0.1) is 17.3 Å². The molecule has 1 aromatic rings. The molecule has 1 heterocycles. The van der Waals surface area contributed by atoms with Gasteiger partial charge in [0.25, 0.3) is 0 Å². The summed E-state index contributed by atoms with van der Waals surface area (Å²) >= 11 is 0. The Morgan fingerprint density at radius 1 is 1.18 bits per heavy atom. The normalized spacial score (nSPS) is 18.1. The summed E-state index contributed by atoms with van der Waals surface area (Å²) in [4.78, 5) is 11.6. The van der Waals surface area contributed by atoms with Crippen LogP contribution in [0, 0.1) is 13.8 Å². The third-order valence-electron chi connectivity index (χ3n) is 3.85. The lowest BCUT2D eigenvalue weighted by Gasteiger charge is -2.16. The van der Waals surface area contributed by atoms with Gasteiger partial charge in [-0.05, 0) is 33.6 Å². The summed E-state index contributed by atoms with van der Waals surface area (Å²) in [5, 5.41) is 4.59. The molecule has 0 amide bonds. The SMILES string of the molecule is CC(=O)c1c(C)nn(C2CCCCCC2)c1C. The van der Waals surface area contributed by atoms with Crippen LogP contribution in [0.15, 0.2) is 0 Å². The van der Waals surface area contributed by atoms with Crippen LogP contribution in [-0.2, 0) is 0 Å². The van der Waals surface area contributed by atoms with Crippen LogP contribution in [0.5, 0.6) is 0 Å². The number of nitrogens with zero attached hydrogens (tertiary/aromatic N) is 2. The van der Waals surface area contributed by atoms with E-state index < -0.39 is 0 Å². The second-order valence-electron chi connectivity index (χ2n) is 5.19. The average molecular weight is 234 g/mol. The molecule has 17 heavy (non-hydrogen) atoms. The van der Waals surface area contributed by atoms with Gasteiger partial charge >= 0.3 is 0 Å². The van der Waals surface area contributed by atoms with Crippen molar-refractivity contribution in [3.8, 4) is 0 Å². The molecule has 0 aliphatic heterocycles. The van der Waals surface area contributed by atoms with E-state index in [1.807, 2.05) is 13.8 Å². The molecule has 0 aromatic carbocycles. The van der Waals surface area contributed by atoms with Crippen molar-refractivity contribution in [2.45, 2.75) is 65.3 Å². The van der Waals surface area contributed by atoms with Crippen molar-refractivity contribution in [2.24, 2.45) is 0 Å². The summed E-state index contributed by atoms with van der Waals surface area (Å²) in [6.45, 7) is 5.60. The first kappa shape index (κ1) is 12.3. The van der Waals surface area contributed by atoms with Gasteiger partial charge in [0, 0.05) is 5.69 Å². The molecule has 0 spiro atoms. The highest BCUT2D eigenvalue weighted by atomic mass is 16.1. The van der Waals surface area contributed by atoms with Crippen molar-refractivity contribution in [3.05, 3.63) is 17.0 Å². The molecule has 0 atom stereocenters. The first-order valence-electron chi connectivity index (χ1n) is 6.68. The highest BCUT2D eigenvalue weighted by Gasteiger charge is 2.21. The lowest BCUT2D eigenvalue weighted by Crippen LogP contribution is -2.12. The smallest absolute Gasteiger partial charge is 0.163 e. The molecular formula is C14H22N2O. The largest absolute Gasteiger partial charge is 0.294 e. The van der Waals surface area contributed by atoms with Gasteiger partial charge in [0.15, 0.2) is 5.78 Å². The Labute approximate surface area is 103 Å². The maximum absolute atomic E-state index is 11.6. The van der Waals surface area contributed by atoms with E-state index in [9.17, 15) is 4.79 Å². The van der Waals surface area contributed by atoms with Crippen molar-refractivity contribution in [3.63, 3.8) is 0 Å². The molecule has 0 bridgehead atoms. The van der Waals surface area contributed by atoms with Crippen LogP contribution in [-0.4, -0.2) is 15.6 Å². The third-order valence-corrected chi connectivity index (χ3v) is 3.85. The van der Waals surface area contributed by atoms with Crippen LogP contribution >= 0.6 is 0 Å². The van der Waals surface area contributed by atoms with Crippen molar-refractivity contribution in [1.29, 1.82) is 0 Å². The average Bonchev–Trinajstić information content (AvgIpc) is 2.48. The second-order valence-corrected chi connectivity index (χ2v) is 5.19. The third kappa shape index (κ3) is 2.43. The lowest BCUT2D eigenvalue weighted by atomic mass is 10.1. The fraction of sp³-hybridized carbons (Fsp3) is 0.714. The molecule has 0 N–H and O–H groups in total. The van der Waals surface area contributed by atoms with Gasteiger partial charge in [-0.3, -0.25) is 9.48 Å². The van der Waals surface area contributed by atoms with E-state index in [0.29, 0.717) is 6.04 Å². The van der Waals surface area contributed by atoms with E-state index in [4.69, 9.17) is 0 Å². The number of aromatic nitrogens is 2. The summed E-state index contributed by atoms with van der Waals surface area (Å²) in [5.41, 5.74) is 2.77. The number of ketones is 1. The molecule has 1 fully saturated rings. The molecule has 1 saturated carbocycles. The zero-order valence-electron chi connectivity index (χ0n) is 11.1. The van der Waals surface area contributed by atoms with Gasteiger partial charge < -0.3 is 0 Å². The molecule has 3 nitrogen and oxygen atoms in total. The first-order valence-corrected chi connectivity index (χ1v) is 6.68. The highest BCUT2D eigenvalue weighted by Crippen LogP contribution is 2.29. The van der Waals surface area contributed by atoms with Crippen molar-refractivity contribution in [1.82, 2.24) is 9.78 Å². The van der Waals surface area contributed by atoms with E-state index in [1.165, 1.54) is 38.5 Å². The predicted octanol–water partition coefficient (Wildman–Crippen LogP) is 3.60. The van der Waals surface area contributed by atoms with Gasteiger partial charge in [-0.15, -0.1) is 0 Å². The Balaban J connectivity index is 2.31. The molecular weight excluding hydrogens is 212 g/mol. The lowest BCUT2D eigenvalue weighted by molar-refractivity contribution is 0.101. The van der Waals surface area contributed by atoms with Crippen molar-refractivity contribution in [2.75, 3.05) is 0 Å². The molecule has 0 unspecified atom stereocenters. The van der Waals surface area contributed by atoms with Crippen LogP contribution < -0.4 is 0 Å². The minimum absolute atomic E-state index is 0.139. The molecule has 94 valence electrons. The Morgan fingerprint density at radius 3 is 2.24 bits per heavy atom. The van der Waals surface area contributed by atoms with Crippen LogP contribution in [0.2, 0.25) is 0 Å². The zero-order chi connectivity index (χ0) is 12.4. The first-order chi connectivity index (χ1) is 8.11. The van der Waals surface area contributed by atoms with Gasteiger partial charge in [0.1, 0.15) is 0 Å². The number of carbonyl (C=O) groups is 1. The maximum atomic E-state index is 11.6. The Bertz CT molecular complexity index is 412. The predicted molar refractivity (Wildman–Crippen MR) is 68.4 cm³/mol. The van der Waals surface area contributed by atoms with Crippen LogP contribution in [0.4, 0.5) is 0 Å². The zero-order valence-corrected chi connectivity index (χ0v) is 11.1. The van der Waals surface area contributed by atoms with Crippen molar-refractivity contribution >= 4 is 5.78 Å². The molecule has 1 aliphatic rings. The number of Topliss-reactive ketones (excluding diaryl/α,β-unsaturated/α-hetero) is 1. The second kappa shape index (κ2) is 5.03. The standard InChI is InChI=1S/C14H22N2O/c1-10-14(12(3)17)11(2)16(15-10)13-8-6-4-5-7-9-13/h13H,4-9H2,1-3H3. The van der Waals surface area contributed by atoms with Gasteiger partial charge in [-0.25, -0.2) is 0 Å². The van der Waals surface area contributed by atoms with Gasteiger partial charge in [0.2, 0.25) is 0 Å². The number of hydrogen-bond donors (Lipinski definition) is 0. The van der Waals surface area contributed by atoms with Crippen molar-refractivity contribution < 1.29 is 4.79 Å². The molecule has 2 rings (SSSR count). The molecule has 1 aliphatic carbocycles. The van der Waals surface area contributed by atoms with Gasteiger partial charge in [-0.1, -0.05) is 25.7 Å². The summed E-state index contributed by atoms with van der Waals surface area (Å²) in [5.74, 6) is 0.139. The minimum atomic E-state index is 0.139. The Morgan fingerprint density at radius 2 is 1.76 bits per heavy atom. The molecule has 0 saturated heterocycles. The summed E-state index contributed by atoms with van der Waals surface area (Å²) in [6, 6.07) is 0.504. The topological polar surface area (TPSA) is 34.9 Å². The minimum Gasteiger partial charge on any atom is -0.294 e. The van der Waals surface area contributed by atoms with E-state index in [-0.39, 0.29) is 5.78 Å². The highest BCUT2D eigenvalue weighted by molar-refractivity contribution is 5.96. The van der Waals surface area contributed by atoms with E-state index in [0.717, 1.165) is 17.0 Å². The number of hydrogen-bond acceptors (Lipinski definition) is 2. The monoisotopic (exact) mass is 234 g/mol. The fourth-order valence-electron chi connectivity index (χ4n) is 3.03. The number of aryl methyl sites for hydroxylation is 1. The summed E-state index contributed by atoms with van der Waals surface area (Å²) < 4.78 is 2.11. The van der Waals surface area contributed by atoms with Crippen LogP contribution in [0.25, 0.3) is 0 Å². The molecule has 0 radical (unpaired) electrons. The fourth-order valence-corrected chi connectivity index (χ4v) is 3.03. The Hall–Kier alpha value is -1.12. The summed E-state index contributed by atoms with van der Waals surface area (Å²) in [7, 11) is 0. The van der Waals surface area contributed by atoms with E-state index >= 15 is 0 Å². The molecule has 3 heteroatoms. The summed E-state index contributed by atoms with van der Waals surface area (Å²) in [6.07, 6.45) is 7.68. The van der Waals surface area contributed by atoms with Crippen LogP contribution in [0.1, 0.15) is 73.2 Å². The van der Waals surface area contributed by atoms with E-state index in [2.05, 4.69) is 9.78 Å². The van der Waals surface area contributed by atoms with Gasteiger partial charge in [-0.2, -0.15) is 5.10 Å². The number of rotatable bonds is 2. The van der Waals surface area contributed by atoms with Crippen LogP contribution in [0.3, 0.4) is 0 Å². The number of carbonyl (C=O) groups excluding carboxylic acids is 1. The maximum Gasteiger partial charge on any atom is 0.163 e.